The summed E-state index contributed by atoms with van der Waals surface area (Å²) in [6.07, 6.45) is 0. The fourth-order valence-electron chi connectivity index (χ4n) is 2.18. The van der Waals surface area contributed by atoms with E-state index >= 15 is 0 Å². The summed E-state index contributed by atoms with van der Waals surface area (Å²) in [6.45, 7) is 2.27. The summed E-state index contributed by atoms with van der Waals surface area (Å²) >= 11 is 0. The molecule has 0 spiro atoms. The molecule has 0 saturated heterocycles. The van der Waals surface area contributed by atoms with Gasteiger partial charge in [-0.25, -0.2) is 8.42 Å². The van der Waals surface area contributed by atoms with Gasteiger partial charge in [0.2, 0.25) is 10.0 Å². The maximum atomic E-state index is 12.1. The lowest BCUT2D eigenvalue weighted by molar-refractivity contribution is 0.480. The van der Waals surface area contributed by atoms with Crippen LogP contribution in [0.2, 0.25) is 0 Å². The second-order valence-electron chi connectivity index (χ2n) is 5.05. The highest BCUT2D eigenvalue weighted by atomic mass is 32.2. The van der Waals surface area contributed by atoms with Crippen LogP contribution >= 0.6 is 0 Å². The molecule has 0 atom stereocenters. The van der Waals surface area contributed by atoms with Crippen molar-refractivity contribution in [2.24, 2.45) is 0 Å². The number of fused-ring (bicyclic) bond motifs is 1. The van der Waals surface area contributed by atoms with Crippen molar-refractivity contribution in [2.75, 3.05) is 18.6 Å². The Bertz CT molecular complexity index is 770. The van der Waals surface area contributed by atoms with Crippen molar-refractivity contribution in [1.82, 2.24) is 4.72 Å². The van der Waals surface area contributed by atoms with Gasteiger partial charge >= 0.3 is 0 Å². The standard InChI is InChI=1S/C15H16N2O3S/c1-11-3-5-12(6-4-11)20-13-7-8-14-15(9-13)21(18,19)16-10-17(14)2/h3-9,16H,10H2,1-2H3. The Morgan fingerprint density at radius 3 is 2.48 bits per heavy atom. The van der Waals surface area contributed by atoms with Gasteiger partial charge in [0, 0.05) is 13.1 Å². The summed E-state index contributed by atoms with van der Waals surface area (Å²) < 4.78 is 32.4. The van der Waals surface area contributed by atoms with Crippen LogP contribution in [0.15, 0.2) is 47.4 Å². The third-order valence-electron chi connectivity index (χ3n) is 3.38. The van der Waals surface area contributed by atoms with E-state index in [9.17, 15) is 8.42 Å². The topological polar surface area (TPSA) is 58.6 Å². The highest BCUT2D eigenvalue weighted by Crippen LogP contribution is 2.32. The number of aryl methyl sites for hydroxylation is 1. The van der Waals surface area contributed by atoms with Crippen molar-refractivity contribution in [3.8, 4) is 11.5 Å². The Labute approximate surface area is 124 Å². The van der Waals surface area contributed by atoms with E-state index in [1.807, 2.05) is 43.1 Å². The van der Waals surface area contributed by atoms with Crippen molar-refractivity contribution < 1.29 is 13.2 Å². The van der Waals surface area contributed by atoms with Gasteiger partial charge in [0.25, 0.3) is 0 Å². The second-order valence-corrected chi connectivity index (χ2v) is 6.78. The predicted molar refractivity (Wildman–Crippen MR) is 81.3 cm³/mol. The first-order chi connectivity index (χ1) is 9.95. The molecule has 1 aliphatic rings. The van der Waals surface area contributed by atoms with Crippen LogP contribution in [0.25, 0.3) is 0 Å². The van der Waals surface area contributed by atoms with E-state index in [0.717, 1.165) is 5.56 Å². The predicted octanol–water partition coefficient (Wildman–Crippen LogP) is 2.47. The van der Waals surface area contributed by atoms with Crippen LogP contribution in [0.3, 0.4) is 0 Å². The number of nitrogens with zero attached hydrogens (tertiary/aromatic N) is 1. The lowest BCUT2D eigenvalue weighted by Crippen LogP contribution is -2.40. The number of sulfonamides is 1. The smallest absolute Gasteiger partial charge is 0.244 e. The van der Waals surface area contributed by atoms with Gasteiger partial charge < -0.3 is 9.64 Å². The molecule has 0 amide bonds. The second kappa shape index (κ2) is 5.05. The maximum Gasteiger partial charge on any atom is 0.244 e. The number of hydrogen-bond donors (Lipinski definition) is 1. The highest BCUT2D eigenvalue weighted by Gasteiger charge is 2.26. The number of nitrogens with one attached hydrogen (secondary N) is 1. The number of rotatable bonds is 2. The fourth-order valence-corrected chi connectivity index (χ4v) is 3.47. The molecule has 1 N–H and O–H groups in total. The highest BCUT2D eigenvalue weighted by molar-refractivity contribution is 7.89. The molecule has 0 unspecified atom stereocenters. The average molecular weight is 304 g/mol. The summed E-state index contributed by atoms with van der Waals surface area (Å²) in [6, 6.07) is 12.7. The Hall–Kier alpha value is -2.05. The van der Waals surface area contributed by atoms with Gasteiger partial charge in [-0.1, -0.05) is 17.7 Å². The van der Waals surface area contributed by atoms with E-state index in [2.05, 4.69) is 4.72 Å². The lowest BCUT2D eigenvalue weighted by atomic mass is 10.2. The van der Waals surface area contributed by atoms with Crippen LogP contribution in [0.4, 0.5) is 5.69 Å². The van der Waals surface area contributed by atoms with E-state index in [1.165, 1.54) is 0 Å². The maximum absolute atomic E-state index is 12.1. The Morgan fingerprint density at radius 1 is 1.10 bits per heavy atom. The summed E-state index contributed by atoms with van der Waals surface area (Å²) in [5.41, 5.74) is 1.81. The summed E-state index contributed by atoms with van der Waals surface area (Å²) in [4.78, 5) is 2.08. The molecule has 2 aromatic carbocycles. The molecule has 5 nitrogen and oxygen atoms in total. The molecule has 21 heavy (non-hydrogen) atoms. The minimum atomic E-state index is -3.47. The van der Waals surface area contributed by atoms with Gasteiger partial charge in [-0.05, 0) is 31.2 Å². The van der Waals surface area contributed by atoms with Crippen LogP contribution < -0.4 is 14.4 Å². The third-order valence-corrected chi connectivity index (χ3v) is 4.80. The molecule has 0 fully saturated rings. The van der Waals surface area contributed by atoms with Crippen molar-refractivity contribution >= 4 is 15.7 Å². The normalized spacial score (nSPS) is 16.4. The molecule has 110 valence electrons. The van der Waals surface area contributed by atoms with E-state index in [0.29, 0.717) is 17.2 Å². The quantitative estimate of drug-likeness (QED) is 0.926. The van der Waals surface area contributed by atoms with E-state index in [-0.39, 0.29) is 11.6 Å². The van der Waals surface area contributed by atoms with Crippen molar-refractivity contribution in [2.45, 2.75) is 11.8 Å². The summed E-state index contributed by atoms with van der Waals surface area (Å²) in [5, 5.41) is 0. The zero-order valence-electron chi connectivity index (χ0n) is 11.8. The number of anilines is 1. The number of ether oxygens (including phenoxy) is 1. The Balaban J connectivity index is 1.97. The third kappa shape index (κ3) is 2.72. The monoisotopic (exact) mass is 304 g/mol. The molecule has 0 saturated carbocycles. The summed E-state index contributed by atoms with van der Waals surface area (Å²) in [7, 11) is -1.63. The molecule has 0 aliphatic carbocycles. The van der Waals surface area contributed by atoms with Gasteiger partial charge in [0.1, 0.15) is 16.4 Å². The molecule has 1 heterocycles. The molecule has 1 aliphatic heterocycles. The summed E-state index contributed by atoms with van der Waals surface area (Å²) in [5.74, 6) is 1.17. The van der Waals surface area contributed by atoms with Crippen molar-refractivity contribution in [1.29, 1.82) is 0 Å². The van der Waals surface area contributed by atoms with Gasteiger partial charge in [0.05, 0.1) is 12.4 Å². The minimum absolute atomic E-state index is 0.237. The minimum Gasteiger partial charge on any atom is -0.457 e. The molecule has 0 bridgehead atoms. The van der Waals surface area contributed by atoms with E-state index in [1.54, 1.807) is 18.2 Å². The molecular formula is C15H16N2O3S. The molecule has 0 radical (unpaired) electrons. The van der Waals surface area contributed by atoms with Gasteiger partial charge in [0.15, 0.2) is 0 Å². The van der Waals surface area contributed by atoms with Gasteiger partial charge in [-0.3, -0.25) is 0 Å². The van der Waals surface area contributed by atoms with Crippen molar-refractivity contribution in [3.05, 3.63) is 48.0 Å². The first-order valence-corrected chi connectivity index (χ1v) is 8.03. The Morgan fingerprint density at radius 2 is 1.76 bits per heavy atom. The number of hydrogen-bond acceptors (Lipinski definition) is 4. The fraction of sp³-hybridized carbons (Fsp3) is 0.200. The molecular weight excluding hydrogens is 288 g/mol. The zero-order valence-corrected chi connectivity index (χ0v) is 12.6. The van der Waals surface area contributed by atoms with E-state index in [4.69, 9.17) is 4.74 Å². The van der Waals surface area contributed by atoms with Crippen LogP contribution in [0.1, 0.15) is 5.56 Å². The van der Waals surface area contributed by atoms with Gasteiger partial charge in [-0.2, -0.15) is 4.72 Å². The largest absolute Gasteiger partial charge is 0.457 e. The van der Waals surface area contributed by atoms with Gasteiger partial charge in [-0.15, -0.1) is 0 Å². The lowest BCUT2D eigenvalue weighted by Gasteiger charge is -2.28. The molecule has 6 heteroatoms. The Kier molecular flexibility index (Phi) is 3.35. The van der Waals surface area contributed by atoms with Crippen molar-refractivity contribution in [3.63, 3.8) is 0 Å². The average Bonchev–Trinajstić information content (AvgIpc) is 2.46. The molecule has 0 aromatic heterocycles. The van der Waals surface area contributed by atoms with Crippen LogP contribution in [0.5, 0.6) is 11.5 Å². The first kappa shape index (κ1) is 13.9. The molecule has 3 rings (SSSR count). The zero-order chi connectivity index (χ0) is 15.0. The number of benzene rings is 2. The van der Waals surface area contributed by atoms with Crippen LogP contribution in [-0.2, 0) is 10.0 Å². The first-order valence-electron chi connectivity index (χ1n) is 6.55. The molecule has 2 aromatic rings. The van der Waals surface area contributed by atoms with Crippen LogP contribution in [-0.4, -0.2) is 22.1 Å². The SMILES string of the molecule is Cc1ccc(Oc2ccc3c(c2)S(=O)(=O)NCN3C)cc1. The van der Waals surface area contributed by atoms with E-state index < -0.39 is 10.0 Å². The van der Waals surface area contributed by atoms with Crippen LogP contribution in [0, 0.1) is 6.92 Å².